The van der Waals surface area contributed by atoms with Crippen LogP contribution in [0, 0.1) is 10.1 Å². The predicted molar refractivity (Wildman–Crippen MR) is 141 cm³/mol. The molecule has 0 spiro atoms. The van der Waals surface area contributed by atoms with Crippen LogP contribution < -0.4 is 21.3 Å². The number of rotatable bonds is 9. The number of hydrogen-bond donors (Lipinski definition) is 4. The highest BCUT2D eigenvalue weighted by atomic mass is 16.6. The molecular weight excluding hydrogens is 512 g/mol. The lowest BCUT2D eigenvalue weighted by atomic mass is 10.1. The molecule has 0 radical (unpaired) electrons. The van der Waals surface area contributed by atoms with Gasteiger partial charge in [-0.2, -0.15) is 0 Å². The van der Waals surface area contributed by atoms with E-state index in [0.29, 0.717) is 12.8 Å². The summed E-state index contributed by atoms with van der Waals surface area (Å²) in [5.74, 6) is -2.34. The fraction of sp³-hybridized carbons (Fsp3) is 0.560. The van der Waals surface area contributed by atoms with E-state index < -0.39 is 64.4 Å². The van der Waals surface area contributed by atoms with Crippen LogP contribution in [0.25, 0.3) is 0 Å². The van der Waals surface area contributed by atoms with Crippen molar-refractivity contribution < 1.29 is 33.6 Å². The molecule has 14 heteroatoms. The van der Waals surface area contributed by atoms with Gasteiger partial charge in [0.05, 0.1) is 4.92 Å². The number of alkyl carbamates (subject to hydrolysis) is 1. The van der Waals surface area contributed by atoms with Crippen molar-refractivity contribution in [3.63, 3.8) is 0 Å². The highest BCUT2D eigenvalue weighted by molar-refractivity contribution is 6.00. The van der Waals surface area contributed by atoms with E-state index in [1.54, 1.807) is 20.8 Å². The van der Waals surface area contributed by atoms with E-state index in [1.807, 2.05) is 0 Å². The van der Waals surface area contributed by atoms with Crippen LogP contribution in [0.1, 0.15) is 54.4 Å². The Morgan fingerprint density at radius 2 is 1.59 bits per heavy atom. The van der Waals surface area contributed by atoms with Crippen LogP contribution in [0.3, 0.4) is 0 Å². The summed E-state index contributed by atoms with van der Waals surface area (Å²) in [5.41, 5.74) is -1.04. The van der Waals surface area contributed by atoms with Crippen LogP contribution in [0.2, 0.25) is 0 Å². The zero-order valence-electron chi connectivity index (χ0n) is 22.9. The number of anilines is 1. The van der Waals surface area contributed by atoms with Gasteiger partial charge in [-0.15, -0.1) is 0 Å². The lowest BCUT2D eigenvalue weighted by molar-refractivity contribution is -0.383. The fourth-order valence-corrected chi connectivity index (χ4v) is 3.86. The van der Waals surface area contributed by atoms with Crippen molar-refractivity contribution in [1.29, 1.82) is 0 Å². The Hall–Kier alpha value is -4.23. The lowest BCUT2D eigenvalue weighted by Gasteiger charge is -2.28. The average Bonchev–Trinajstić information content (AvgIpc) is 3.32. The summed E-state index contributed by atoms with van der Waals surface area (Å²) in [5, 5.41) is 21.1. The van der Waals surface area contributed by atoms with E-state index in [4.69, 9.17) is 4.74 Å². The summed E-state index contributed by atoms with van der Waals surface area (Å²) in [6, 6.07) is 1.73. The van der Waals surface area contributed by atoms with Gasteiger partial charge < -0.3 is 30.9 Å². The first kappa shape index (κ1) is 31.0. The molecule has 1 heterocycles. The Morgan fingerprint density at radius 1 is 0.974 bits per heavy atom. The number of nitro groups is 1. The molecule has 214 valence electrons. The van der Waals surface area contributed by atoms with Gasteiger partial charge in [-0.05, 0) is 60.5 Å². The van der Waals surface area contributed by atoms with E-state index in [-0.39, 0.29) is 17.9 Å². The zero-order valence-corrected chi connectivity index (χ0v) is 22.9. The van der Waals surface area contributed by atoms with Gasteiger partial charge in [0, 0.05) is 12.6 Å². The van der Waals surface area contributed by atoms with Gasteiger partial charge in [-0.3, -0.25) is 29.3 Å². The second kappa shape index (κ2) is 13.0. The van der Waals surface area contributed by atoms with Crippen molar-refractivity contribution in [3.05, 3.63) is 34.4 Å². The number of para-hydroxylation sites is 2. The maximum Gasteiger partial charge on any atom is 0.408 e. The van der Waals surface area contributed by atoms with Crippen LogP contribution in [0.15, 0.2) is 24.3 Å². The molecule has 0 bridgehead atoms. The number of carbonyl (C=O) groups excluding carboxylic acids is 5. The molecule has 39 heavy (non-hydrogen) atoms. The molecule has 0 aliphatic carbocycles. The standard InChI is InChI=1S/C25H36N6O8/c1-14(21(33)29-17-10-7-8-11-18(17)31(37)38)26-22(34)19-12-9-13-30(19)23(35)16(3)27-20(32)15(2)28-24(36)39-25(4,5)6/h7-8,10-11,14-16,19H,9,12-13H2,1-6H3,(H,26,34)(H,27,32)(H,28,36)(H,29,33)/t14-,15-,16-,19-/m0/s1. The molecule has 0 unspecified atom stereocenters. The fourth-order valence-electron chi connectivity index (χ4n) is 3.86. The number of likely N-dealkylation sites (tertiary alicyclic amines) is 1. The quantitative estimate of drug-likeness (QED) is 0.263. The van der Waals surface area contributed by atoms with Crippen molar-refractivity contribution in [2.24, 2.45) is 0 Å². The summed E-state index contributed by atoms with van der Waals surface area (Å²) in [6.07, 6.45) is 0.117. The molecule has 1 aromatic carbocycles. The Kier molecular flexibility index (Phi) is 10.3. The van der Waals surface area contributed by atoms with Gasteiger partial charge in [0.1, 0.15) is 35.5 Å². The van der Waals surface area contributed by atoms with E-state index in [0.717, 1.165) is 0 Å². The van der Waals surface area contributed by atoms with Gasteiger partial charge in [-0.25, -0.2) is 4.79 Å². The number of nitrogens with one attached hydrogen (secondary N) is 4. The molecule has 1 fully saturated rings. The number of nitro benzene ring substituents is 1. The van der Waals surface area contributed by atoms with E-state index in [2.05, 4.69) is 21.3 Å². The van der Waals surface area contributed by atoms with Crippen LogP contribution in [-0.2, 0) is 23.9 Å². The van der Waals surface area contributed by atoms with Crippen molar-refractivity contribution in [2.75, 3.05) is 11.9 Å². The molecule has 1 aliphatic rings. The van der Waals surface area contributed by atoms with Crippen molar-refractivity contribution in [3.8, 4) is 0 Å². The predicted octanol–water partition coefficient (Wildman–Crippen LogP) is 1.45. The molecule has 14 nitrogen and oxygen atoms in total. The van der Waals surface area contributed by atoms with Crippen LogP contribution in [0.4, 0.5) is 16.2 Å². The summed E-state index contributed by atoms with van der Waals surface area (Å²) < 4.78 is 5.12. The lowest BCUT2D eigenvalue weighted by Crippen LogP contribution is -2.56. The Labute approximate surface area is 226 Å². The summed E-state index contributed by atoms with van der Waals surface area (Å²) in [6.45, 7) is 9.66. The molecular formula is C25H36N6O8. The van der Waals surface area contributed by atoms with Crippen molar-refractivity contribution in [2.45, 2.75) is 84.2 Å². The molecule has 1 aliphatic heterocycles. The van der Waals surface area contributed by atoms with Gasteiger partial charge >= 0.3 is 6.09 Å². The molecule has 0 aromatic heterocycles. The number of hydrogen-bond acceptors (Lipinski definition) is 8. The van der Waals surface area contributed by atoms with E-state index >= 15 is 0 Å². The first-order valence-electron chi connectivity index (χ1n) is 12.6. The largest absolute Gasteiger partial charge is 0.444 e. The van der Waals surface area contributed by atoms with Gasteiger partial charge in [0.2, 0.25) is 23.6 Å². The molecule has 2 rings (SSSR count). The number of benzene rings is 1. The van der Waals surface area contributed by atoms with E-state index in [9.17, 15) is 34.1 Å². The topological polar surface area (TPSA) is 189 Å². The van der Waals surface area contributed by atoms with Gasteiger partial charge in [0.15, 0.2) is 0 Å². The smallest absolute Gasteiger partial charge is 0.408 e. The molecule has 0 saturated carbocycles. The summed E-state index contributed by atoms with van der Waals surface area (Å²) in [7, 11) is 0. The molecule has 4 atom stereocenters. The summed E-state index contributed by atoms with van der Waals surface area (Å²) >= 11 is 0. The van der Waals surface area contributed by atoms with Crippen molar-refractivity contribution >= 4 is 41.1 Å². The highest BCUT2D eigenvalue weighted by Gasteiger charge is 2.37. The third-order valence-corrected chi connectivity index (χ3v) is 5.80. The van der Waals surface area contributed by atoms with Crippen LogP contribution >= 0.6 is 0 Å². The van der Waals surface area contributed by atoms with Gasteiger partial charge in [0.25, 0.3) is 5.69 Å². The molecule has 5 amide bonds. The second-order valence-electron chi connectivity index (χ2n) is 10.3. The third kappa shape index (κ3) is 8.93. The third-order valence-electron chi connectivity index (χ3n) is 5.80. The minimum atomic E-state index is -1.05. The van der Waals surface area contributed by atoms with Crippen LogP contribution in [-0.4, -0.2) is 75.9 Å². The number of amides is 5. The second-order valence-corrected chi connectivity index (χ2v) is 10.3. The minimum Gasteiger partial charge on any atom is -0.444 e. The van der Waals surface area contributed by atoms with Crippen molar-refractivity contribution in [1.82, 2.24) is 20.9 Å². The monoisotopic (exact) mass is 548 g/mol. The van der Waals surface area contributed by atoms with Gasteiger partial charge in [-0.1, -0.05) is 12.1 Å². The van der Waals surface area contributed by atoms with E-state index in [1.165, 1.54) is 49.9 Å². The SMILES string of the molecule is C[C@H](NC(=O)OC(C)(C)C)C(=O)N[C@@H](C)C(=O)N1CCC[C@H]1C(=O)N[C@@H](C)C(=O)Nc1ccccc1[N+](=O)[O-]. The highest BCUT2D eigenvalue weighted by Crippen LogP contribution is 2.23. The number of ether oxygens (including phenoxy) is 1. The normalized spacial score (nSPS) is 17.3. The number of nitrogens with zero attached hydrogens (tertiary/aromatic N) is 2. The van der Waals surface area contributed by atoms with Crippen LogP contribution in [0.5, 0.6) is 0 Å². The Balaban J connectivity index is 1.95. The molecule has 1 aromatic rings. The Morgan fingerprint density at radius 3 is 2.21 bits per heavy atom. The first-order valence-corrected chi connectivity index (χ1v) is 12.6. The maximum atomic E-state index is 13.1. The first-order chi connectivity index (χ1) is 18.1. The Bertz CT molecular complexity index is 1120. The maximum absolute atomic E-state index is 13.1. The molecule has 4 N–H and O–H groups in total. The average molecular weight is 549 g/mol. The molecule has 1 saturated heterocycles. The summed E-state index contributed by atoms with van der Waals surface area (Å²) in [4.78, 5) is 74.9. The number of carbonyl (C=O) groups is 5. The zero-order chi connectivity index (χ0) is 29.5. The minimum absolute atomic E-state index is 0.00813.